The van der Waals surface area contributed by atoms with E-state index in [-0.39, 0.29) is 42.1 Å². The van der Waals surface area contributed by atoms with E-state index < -0.39 is 0 Å². The van der Waals surface area contributed by atoms with E-state index in [1.165, 1.54) is 5.69 Å². The quantitative estimate of drug-likeness (QED) is 0.179. The third-order valence-electron chi connectivity index (χ3n) is 11.8. The molecule has 8 rings (SSSR count). The van der Waals surface area contributed by atoms with Gasteiger partial charge < -0.3 is 19.7 Å². The molecule has 4 amide bonds. The van der Waals surface area contributed by atoms with Crippen LogP contribution in [0.5, 0.6) is 0 Å². The van der Waals surface area contributed by atoms with Gasteiger partial charge in [0.25, 0.3) is 0 Å². The summed E-state index contributed by atoms with van der Waals surface area (Å²) in [5, 5.41) is 25.1. The minimum absolute atomic E-state index is 0.205. The molecule has 0 aliphatic carbocycles. The average Bonchev–Trinajstić information content (AvgIpc) is 3.67. The number of benzene rings is 2. The molecule has 4 aromatic rings. The van der Waals surface area contributed by atoms with Crippen molar-refractivity contribution in [1.29, 1.82) is 0 Å². The Balaban J connectivity index is 0.000000167. The number of nitrogens with one attached hydrogen (secondary N) is 2. The largest absolute Gasteiger partial charge is 0.396 e. The van der Waals surface area contributed by atoms with Crippen molar-refractivity contribution in [1.82, 2.24) is 30.2 Å². The fourth-order valence-electron chi connectivity index (χ4n) is 8.59. The molecule has 0 saturated carbocycles. The predicted octanol–water partition coefficient (Wildman–Crippen LogP) is 3.59. The van der Waals surface area contributed by atoms with Crippen LogP contribution in [0.2, 0.25) is 0 Å². The molecule has 2 aromatic carbocycles. The van der Waals surface area contributed by atoms with Crippen LogP contribution in [0.1, 0.15) is 87.4 Å². The van der Waals surface area contributed by atoms with Crippen LogP contribution in [0.25, 0.3) is 21.8 Å². The van der Waals surface area contributed by atoms with Gasteiger partial charge in [0.1, 0.15) is 6.29 Å². The van der Waals surface area contributed by atoms with Crippen LogP contribution < -0.4 is 20.4 Å². The molecule has 2 unspecified atom stereocenters. The van der Waals surface area contributed by atoms with E-state index in [1.807, 2.05) is 29.5 Å². The monoisotopic (exact) mass is 738 g/mol. The molecule has 4 fully saturated rings. The van der Waals surface area contributed by atoms with Crippen LogP contribution in [0.3, 0.4) is 0 Å². The highest BCUT2D eigenvalue weighted by molar-refractivity contribution is 6.03. The second-order valence-corrected chi connectivity index (χ2v) is 15.2. The molecule has 14 nitrogen and oxygen atoms in total. The fraction of sp³-hybridized carbons (Fsp3) is 0.525. The molecule has 0 spiro atoms. The number of nitrogens with zero attached hydrogens (tertiary/aromatic N) is 6. The maximum atomic E-state index is 12.2. The zero-order chi connectivity index (χ0) is 37.9. The maximum Gasteiger partial charge on any atom is 0.235 e. The van der Waals surface area contributed by atoms with Gasteiger partial charge in [0.15, 0.2) is 0 Å². The zero-order valence-corrected chi connectivity index (χ0v) is 31.1. The van der Waals surface area contributed by atoms with Gasteiger partial charge in [0.05, 0.1) is 34.3 Å². The number of carbonyl (C=O) groups excluding carboxylic acids is 5. The summed E-state index contributed by atoms with van der Waals surface area (Å²) in [6.45, 7) is 4.15. The van der Waals surface area contributed by atoms with Crippen LogP contribution in [0.15, 0.2) is 36.4 Å². The number of piperidine rings is 4. The number of carbonyl (C=O) groups is 5. The Bertz CT molecular complexity index is 2060. The molecule has 2 aromatic heterocycles. The Labute approximate surface area is 314 Å². The second-order valence-electron chi connectivity index (χ2n) is 15.2. The van der Waals surface area contributed by atoms with Crippen molar-refractivity contribution in [2.45, 2.75) is 76.0 Å². The van der Waals surface area contributed by atoms with Crippen molar-refractivity contribution in [3.8, 4) is 0 Å². The smallest absolute Gasteiger partial charge is 0.235 e. The van der Waals surface area contributed by atoms with Crippen molar-refractivity contribution in [3.63, 3.8) is 0 Å². The normalized spacial score (nSPS) is 21.6. The number of aryl methyl sites for hydroxylation is 2. The number of aromatic nitrogens is 4. The van der Waals surface area contributed by atoms with Crippen LogP contribution >= 0.6 is 0 Å². The summed E-state index contributed by atoms with van der Waals surface area (Å²) in [6, 6.07) is 12.5. The van der Waals surface area contributed by atoms with Crippen molar-refractivity contribution in [2.24, 2.45) is 25.9 Å². The van der Waals surface area contributed by atoms with Gasteiger partial charge in [-0.1, -0.05) is 0 Å². The second kappa shape index (κ2) is 16.1. The molecule has 4 aliphatic heterocycles. The van der Waals surface area contributed by atoms with Gasteiger partial charge in [-0.3, -0.25) is 39.2 Å². The molecule has 54 heavy (non-hydrogen) atoms. The summed E-state index contributed by atoms with van der Waals surface area (Å²) < 4.78 is 3.65. The topological polar surface area (TPSA) is 172 Å². The molecule has 0 radical (unpaired) electrons. The van der Waals surface area contributed by atoms with Crippen LogP contribution in [-0.2, 0) is 38.1 Å². The lowest BCUT2D eigenvalue weighted by Crippen LogP contribution is -2.39. The first-order chi connectivity index (χ1) is 26.1. The van der Waals surface area contributed by atoms with E-state index >= 15 is 0 Å². The molecule has 14 heteroatoms. The lowest BCUT2D eigenvalue weighted by atomic mass is 9.92. The van der Waals surface area contributed by atoms with Crippen molar-refractivity contribution < 1.29 is 29.1 Å². The number of hydrogen-bond acceptors (Lipinski definition) is 10. The molecule has 2 atom stereocenters. The number of rotatable bonds is 8. The first-order valence-corrected chi connectivity index (χ1v) is 19.3. The molecule has 4 aliphatic rings. The Morgan fingerprint density at radius 3 is 1.54 bits per heavy atom. The number of aldehydes is 1. The highest BCUT2D eigenvalue weighted by Crippen LogP contribution is 2.35. The number of imide groups is 2. The number of anilines is 2. The number of aliphatic hydroxyl groups excluding tert-OH is 1. The van der Waals surface area contributed by atoms with Gasteiger partial charge in [-0.05, 0) is 93.2 Å². The van der Waals surface area contributed by atoms with E-state index in [9.17, 15) is 24.0 Å². The van der Waals surface area contributed by atoms with Crippen LogP contribution in [0, 0.1) is 11.8 Å². The Hall–Kier alpha value is -5.11. The standard InChI is InChI=1S/C20H26N4O3.C20H24N4O3/c2*1-23-17-12-14(24-9-6-13(7-10-24)8-11-25)2-3-15(17)19(22-23)16-4-5-18(26)21-20(16)27/h2-3,12-13,16,25H,4-11H2,1H3,(H,21,26,27);2-3,11-13,16H,4-10H2,1H3,(H,21,26,27). The summed E-state index contributed by atoms with van der Waals surface area (Å²) in [6.07, 6.45) is 8.56. The van der Waals surface area contributed by atoms with Crippen LogP contribution in [0.4, 0.5) is 11.4 Å². The summed E-state index contributed by atoms with van der Waals surface area (Å²) in [7, 11) is 3.78. The first-order valence-electron chi connectivity index (χ1n) is 19.3. The number of fused-ring (bicyclic) bond motifs is 2. The highest BCUT2D eigenvalue weighted by atomic mass is 16.3. The summed E-state index contributed by atoms with van der Waals surface area (Å²) >= 11 is 0. The van der Waals surface area contributed by atoms with Crippen molar-refractivity contribution in [2.75, 3.05) is 42.6 Å². The summed E-state index contributed by atoms with van der Waals surface area (Å²) in [5.41, 5.74) is 5.80. The van der Waals surface area contributed by atoms with E-state index in [2.05, 4.69) is 61.0 Å². The van der Waals surface area contributed by atoms with E-state index in [4.69, 9.17) is 5.11 Å². The molecular formula is C40H50N8O6. The lowest BCUT2D eigenvalue weighted by Gasteiger charge is -2.33. The molecule has 6 heterocycles. The van der Waals surface area contributed by atoms with Crippen LogP contribution in [-0.4, -0.2) is 87.4 Å². The fourth-order valence-corrected chi connectivity index (χ4v) is 8.59. The van der Waals surface area contributed by atoms with Gasteiger partial charge in [-0.25, -0.2) is 0 Å². The van der Waals surface area contributed by atoms with Gasteiger partial charge >= 0.3 is 0 Å². The predicted molar refractivity (Wildman–Crippen MR) is 204 cm³/mol. The van der Waals surface area contributed by atoms with Gasteiger partial charge in [-0.2, -0.15) is 10.2 Å². The minimum atomic E-state index is -0.378. The lowest BCUT2D eigenvalue weighted by molar-refractivity contribution is -0.135. The van der Waals surface area contributed by atoms with Crippen molar-refractivity contribution >= 4 is 63.1 Å². The summed E-state index contributed by atoms with van der Waals surface area (Å²) in [5.74, 6) is -0.555. The molecule has 4 saturated heterocycles. The third kappa shape index (κ3) is 7.75. The third-order valence-corrected chi connectivity index (χ3v) is 11.8. The Kier molecular flexibility index (Phi) is 11.1. The highest BCUT2D eigenvalue weighted by Gasteiger charge is 2.33. The minimum Gasteiger partial charge on any atom is -0.396 e. The number of aliphatic hydroxyl groups is 1. The molecule has 286 valence electrons. The van der Waals surface area contributed by atoms with Gasteiger partial charge in [0.2, 0.25) is 23.6 Å². The zero-order valence-electron chi connectivity index (χ0n) is 31.1. The Morgan fingerprint density at radius 2 is 1.13 bits per heavy atom. The molecule has 3 N–H and O–H groups in total. The molecular weight excluding hydrogens is 688 g/mol. The van der Waals surface area contributed by atoms with E-state index in [1.54, 1.807) is 0 Å². The summed E-state index contributed by atoms with van der Waals surface area (Å²) in [4.78, 5) is 62.8. The maximum absolute atomic E-state index is 12.2. The SMILES string of the molecule is Cn1nc(C2CCC(=O)NC2=O)c2ccc(N3CCC(CC=O)CC3)cc21.Cn1nc(C2CCC(=O)NC2=O)c2ccc(N3CCC(CCO)CC3)cc21. The van der Waals surface area contributed by atoms with E-state index in [0.29, 0.717) is 43.9 Å². The molecule has 0 bridgehead atoms. The Morgan fingerprint density at radius 1 is 0.685 bits per heavy atom. The first kappa shape index (κ1) is 37.2. The van der Waals surface area contributed by atoms with E-state index in [0.717, 1.165) is 103 Å². The van der Waals surface area contributed by atoms with Gasteiger partial charge in [-0.15, -0.1) is 0 Å². The number of hydrogen-bond donors (Lipinski definition) is 3. The number of amides is 4. The van der Waals surface area contributed by atoms with Crippen molar-refractivity contribution in [3.05, 3.63) is 47.8 Å². The van der Waals surface area contributed by atoms with Gasteiger partial charge in [0, 0.05) is 88.3 Å². The average molecular weight is 739 g/mol.